The summed E-state index contributed by atoms with van der Waals surface area (Å²) in [4.78, 5) is 40.2. The van der Waals surface area contributed by atoms with E-state index in [1.165, 1.54) is 6.26 Å². The Hall–Kier alpha value is -4.61. The van der Waals surface area contributed by atoms with Crippen molar-refractivity contribution in [2.24, 2.45) is 5.73 Å². The molecule has 0 aliphatic carbocycles. The summed E-state index contributed by atoms with van der Waals surface area (Å²) in [6, 6.07) is 4.87. The molecule has 1 aromatic carbocycles. The fraction of sp³-hybridized carbons (Fsp3) is 0.227. The molecule has 176 valence electrons. The highest BCUT2D eigenvalue weighted by Gasteiger charge is 2.22. The fourth-order valence-electron chi connectivity index (χ4n) is 3.75. The number of fused-ring (bicyclic) bond motifs is 3. The average Bonchev–Trinajstić information content (AvgIpc) is 3.49. The van der Waals surface area contributed by atoms with Crippen LogP contribution in [0.5, 0.6) is 0 Å². The summed E-state index contributed by atoms with van der Waals surface area (Å²) in [5.74, 6) is -0.812. The van der Waals surface area contributed by atoms with Crippen LogP contribution in [0.2, 0.25) is 0 Å². The molecule has 0 saturated carbocycles. The van der Waals surface area contributed by atoms with E-state index < -0.39 is 17.9 Å². The van der Waals surface area contributed by atoms with Gasteiger partial charge in [-0.25, -0.2) is 9.78 Å². The molecule has 0 fully saturated rings. The van der Waals surface area contributed by atoms with Crippen molar-refractivity contribution < 1.29 is 23.9 Å². The monoisotopic (exact) mass is 465 g/mol. The molecule has 0 atom stereocenters. The van der Waals surface area contributed by atoms with Gasteiger partial charge < -0.3 is 25.1 Å². The molecular formula is C22H23N7O5. The van der Waals surface area contributed by atoms with Gasteiger partial charge in [-0.3, -0.25) is 19.6 Å². The lowest BCUT2D eigenvalue weighted by atomic mass is 10.1. The number of hydrogen-bond donors (Lipinski definition) is 4. The maximum absolute atomic E-state index is 13.1. The quantitative estimate of drug-likeness (QED) is 0.290. The van der Waals surface area contributed by atoms with E-state index in [4.69, 9.17) is 15.3 Å². The molecule has 3 aromatic heterocycles. The SMILES string of the molecule is CCn1nc(C)cc1C(=O)Nc1nc2cc(C(N)=O)c3ccoc3c2n1C/C=C/CNC(=O)O. The summed E-state index contributed by atoms with van der Waals surface area (Å²) < 4.78 is 8.95. The number of allylic oxidation sites excluding steroid dienone is 1. The Kier molecular flexibility index (Phi) is 6.04. The second kappa shape index (κ2) is 9.10. The molecule has 0 radical (unpaired) electrons. The number of carbonyl (C=O) groups excluding carboxylic acids is 2. The molecule has 0 unspecified atom stereocenters. The largest absolute Gasteiger partial charge is 0.465 e. The van der Waals surface area contributed by atoms with Gasteiger partial charge in [-0.05, 0) is 32.0 Å². The number of anilines is 1. The first kappa shape index (κ1) is 22.6. The fourth-order valence-corrected chi connectivity index (χ4v) is 3.75. The summed E-state index contributed by atoms with van der Waals surface area (Å²) in [6.07, 6.45) is 3.67. The number of nitrogens with zero attached hydrogens (tertiary/aromatic N) is 4. The lowest BCUT2D eigenvalue weighted by Crippen LogP contribution is -2.20. The first-order chi connectivity index (χ1) is 16.3. The third kappa shape index (κ3) is 4.20. The van der Waals surface area contributed by atoms with E-state index in [0.29, 0.717) is 39.9 Å². The number of amides is 3. The van der Waals surface area contributed by atoms with Crippen LogP contribution in [0.15, 0.2) is 41.0 Å². The molecule has 0 bridgehead atoms. The lowest BCUT2D eigenvalue weighted by molar-refractivity contribution is 0.0997. The van der Waals surface area contributed by atoms with Crippen molar-refractivity contribution in [2.45, 2.75) is 26.9 Å². The minimum Gasteiger partial charge on any atom is -0.465 e. The summed E-state index contributed by atoms with van der Waals surface area (Å²) in [6.45, 7) is 4.55. The van der Waals surface area contributed by atoms with Crippen LogP contribution in [0.1, 0.15) is 33.5 Å². The summed E-state index contributed by atoms with van der Waals surface area (Å²) in [7, 11) is 0. The highest BCUT2D eigenvalue weighted by molar-refractivity contribution is 6.14. The minimum atomic E-state index is -1.13. The van der Waals surface area contributed by atoms with Crippen molar-refractivity contribution in [1.82, 2.24) is 24.6 Å². The van der Waals surface area contributed by atoms with Gasteiger partial charge in [0, 0.05) is 25.0 Å². The van der Waals surface area contributed by atoms with Gasteiger partial charge in [-0.15, -0.1) is 0 Å². The van der Waals surface area contributed by atoms with E-state index in [0.717, 1.165) is 0 Å². The number of carboxylic acid groups (broad SMARTS) is 1. The van der Waals surface area contributed by atoms with Crippen LogP contribution in [-0.2, 0) is 13.1 Å². The van der Waals surface area contributed by atoms with Crippen LogP contribution < -0.4 is 16.4 Å². The maximum atomic E-state index is 13.1. The first-order valence-electron chi connectivity index (χ1n) is 10.5. The van der Waals surface area contributed by atoms with Crippen molar-refractivity contribution in [3.63, 3.8) is 0 Å². The van der Waals surface area contributed by atoms with Crippen LogP contribution in [0.25, 0.3) is 22.0 Å². The molecule has 4 rings (SSSR count). The second-order valence-corrected chi connectivity index (χ2v) is 7.46. The number of nitrogens with two attached hydrogens (primary N) is 1. The molecule has 12 nitrogen and oxygen atoms in total. The van der Waals surface area contributed by atoms with E-state index in [1.807, 2.05) is 6.92 Å². The molecule has 0 aliphatic heterocycles. The highest BCUT2D eigenvalue weighted by atomic mass is 16.4. The summed E-state index contributed by atoms with van der Waals surface area (Å²) >= 11 is 0. The first-order valence-corrected chi connectivity index (χ1v) is 10.5. The minimum absolute atomic E-state index is 0.112. The smallest absolute Gasteiger partial charge is 0.404 e. The van der Waals surface area contributed by atoms with E-state index in [-0.39, 0.29) is 24.6 Å². The topological polar surface area (TPSA) is 170 Å². The van der Waals surface area contributed by atoms with E-state index >= 15 is 0 Å². The van der Waals surface area contributed by atoms with Gasteiger partial charge in [0.15, 0.2) is 5.58 Å². The average molecular weight is 465 g/mol. The van der Waals surface area contributed by atoms with Gasteiger partial charge in [0.25, 0.3) is 5.91 Å². The normalized spacial score (nSPS) is 11.5. The van der Waals surface area contributed by atoms with Crippen molar-refractivity contribution in [1.29, 1.82) is 0 Å². The zero-order valence-electron chi connectivity index (χ0n) is 18.5. The third-order valence-electron chi connectivity index (χ3n) is 5.20. The van der Waals surface area contributed by atoms with Crippen molar-refractivity contribution in [2.75, 3.05) is 11.9 Å². The lowest BCUT2D eigenvalue weighted by Gasteiger charge is -2.09. The Morgan fingerprint density at radius 2 is 2.06 bits per heavy atom. The summed E-state index contributed by atoms with van der Waals surface area (Å²) in [5.41, 5.74) is 8.23. The molecule has 3 amide bonds. The molecule has 3 heterocycles. The van der Waals surface area contributed by atoms with Crippen molar-refractivity contribution in [3.8, 4) is 0 Å². The number of nitrogens with one attached hydrogen (secondary N) is 2. The Labute approximate surface area is 193 Å². The standard InChI is InChI=1S/C22H23N7O5/c1-3-29-16(10-12(2)27-29)20(31)26-21-25-15-11-14(19(23)30)13-6-9-34-18(13)17(15)28(21)8-5-4-7-24-22(32)33/h4-6,9-11,24H,3,7-8H2,1-2H3,(H2,23,30)(H,32,33)(H,25,26,31)/b5-4+. The number of rotatable bonds is 8. The molecule has 5 N–H and O–H groups in total. The molecule has 0 spiro atoms. The van der Waals surface area contributed by atoms with Gasteiger partial charge in [-0.1, -0.05) is 12.2 Å². The van der Waals surface area contributed by atoms with Gasteiger partial charge in [0.2, 0.25) is 11.9 Å². The van der Waals surface area contributed by atoms with Gasteiger partial charge in [0.1, 0.15) is 11.2 Å². The van der Waals surface area contributed by atoms with Gasteiger partial charge in [-0.2, -0.15) is 5.10 Å². The van der Waals surface area contributed by atoms with E-state index in [1.54, 1.807) is 46.5 Å². The molecule has 0 aliphatic rings. The number of hydrogen-bond acceptors (Lipinski definition) is 6. The molecule has 12 heteroatoms. The number of furan rings is 1. The van der Waals surface area contributed by atoms with E-state index in [2.05, 4.69) is 20.7 Å². The van der Waals surface area contributed by atoms with Gasteiger partial charge >= 0.3 is 6.09 Å². The number of aryl methyl sites for hydroxylation is 2. The maximum Gasteiger partial charge on any atom is 0.404 e. The Morgan fingerprint density at radius 3 is 2.76 bits per heavy atom. The molecule has 34 heavy (non-hydrogen) atoms. The molecule has 4 aromatic rings. The Morgan fingerprint density at radius 1 is 1.26 bits per heavy atom. The number of aromatic nitrogens is 4. The predicted molar refractivity (Wildman–Crippen MR) is 124 cm³/mol. The van der Waals surface area contributed by atoms with Crippen molar-refractivity contribution >= 4 is 45.9 Å². The number of primary amides is 1. The Balaban J connectivity index is 1.80. The van der Waals surface area contributed by atoms with Crippen LogP contribution in [-0.4, -0.2) is 48.9 Å². The summed E-state index contributed by atoms with van der Waals surface area (Å²) in [5, 5.41) is 18.6. The zero-order valence-corrected chi connectivity index (χ0v) is 18.5. The second-order valence-electron chi connectivity index (χ2n) is 7.46. The van der Waals surface area contributed by atoms with Crippen LogP contribution in [0.3, 0.4) is 0 Å². The predicted octanol–water partition coefficient (Wildman–Crippen LogP) is 2.48. The van der Waals surface area contributed by atoms with Crippen LogP contribution in [0.4, 0.5) is 10.7 Å². The molecular weight excluding hydrogens is 442 g/mol. The Bertz CT molecular complexity index is 1440. The zero-order chi connectivity index (χ0) is 24.4. The van der Waals surface area contributed by atoms with Crippen LogP contribution >= 0.6 is 0 Å². The number of benzene rings is 1. The number of carbonyl (C=O) groups is 3. The van der Waals surface area contributed by atoms with Crippen molar-refractivity contribution in [3.05, 3.63) is 53.6 Å². The van der Waals surface area contributed by atoms with Crippen LogP contribution in [0, 0.1) is 6.92 Å². The van der Waals surface area contributed by atoms with Gasteiger partial charge in [0.05, 0.1) is 23.0 Å². The number of imidazole rings is 1. The third-order valence-corrected chi connectivity index (χ3v) is 5.20. The van der Waals surface area contributed by atoms with E-state index in [9.17, 15) is 14.4 Å². The molecule has 0 saturated heterocycles. The highest BCUT2D eigenvalue weighted by Crippen LogP contribution is 2.32.